The summed E-state index contributed by atoms with van der Waals surface area (Å²) < 4.78 is 21.0. The highest BCUT2D eigenvalue weighted by molar-refractivity contribution is 5.97. The van der Waals surface area contributed by atoms with Gasteiger partial charge in [-0.05, 0) is 31.0 Å². The second kappa shape index (κ2) is 7.39. The number of benzene rings is 1. The number of rotatable bonds is 5. The second-order valence-corrected chi connectivity index (χ2v) is 5.71. The Hall–Kier alpha value is -2.48. The van der Waals surface area contributed by atoms with Gasteiger partial charge in [0.1, 0.15) is 30.8 Å². The van der Waals surface area contributed by atoms with Gasteiger partial charge in [0.25, 0.3) is 5.91 Å². The minimum atomic E-state index is -0.460. The van der Waals surface area contributed by atoms with Crippen LogP contribution < -0.4 is 10.5 Å². The van der Waals surface area contributed by atoms with Gasteiger partial charge < -0.3 is 19.9 Å². The predicted molar refractivity (Wildman–Crippen MR) is 85.1 cm³/mol. The first-order chi connectivity index (χ1) is 11.7. The Morgan fingerprint density at radius 2 is 2.00 bits per heavy atom. The summed E-state index contributed by atoms with van der Waals surface area (Å²) >= 11 is 0. The first-order valence-electron chi connectivity index (χ1n) is 7.95. The van der Waals surface area contributed by atoms with Crippen molar-refractivity contribution in [2.24, 2.45) is 5.73 Å². The summed E-state index contributed by atoms with van der Waals surface area (Å²) in [5.41, 5.74) is 5.67. The van der Waals surface area contributed by atoms with Gasteiger partial charge in [0.2, 0.25) is 0 Å². The molecule has 1 saturated heterocycles. The summed E-state index contributed by atoms with van der Waals surface area (Å²) in [5.74, 6) is -0.311. The largest absolute Gasteiger partial charge is 0.491 e. The molecule has 7 nitrogen and oxygen atoms in total. The van der Waals surface area contributed by atoms with Crippen LogP contribution in [0.3, 0.4) is 0 Å². The Balaban J connectivity index is 1.70. The van der Waals surface area contributed by atoms with E-state index in [1.165, 1.54) is 18.2 Å². The first kappa shape index (κ1) is 16.4. The number of nitrogens with two attached hydrogens (primary N) is 1. The van der Waals surface area contributed by atoms with Crippen molar-refractivity contribution < 1.29 is 13.9 Å². The lowest BCUT2D eigenvalue weighted by Gasteiger charge is -2.32. The number of likely N-dealkylation sites (tertiary alicyclic amines) is 1. The van der Waals surface area contributed by atoms with Crippen molar-refractivity contribution in [1.29, 1.82) is 0 Å². The van der Waals surface area contributed by atoms with E-state index in [9.17, 15) is 9.18 Å². The number of nitrogens with zero attached hydrogens (tertiary/aromatic N) is 4. The van der Waals surface area contributed by atoms with Gasteiger partial charge in [0, 0.05) is 25.7 Å². The number of amides is 1. The van der Waals surface area contributed by atoms with Gasteiger partial charge in [0.05, 0.1) is 5.56 Å². The summed E-state index contributed by atoms with van der Waals surface area (Å²) in [6.07, 6.45) is 4.98. The van der Waals surface area contributed by atoms with Crippen molar-refractivity contribution in [3.05, 3.63) is 42.2 Å². The van der Waals surface area contributed by atoms with E-state index in [1.807, 2.05) is 4.57 Å². The van der Waals surface area contributed by atoms with Crippen molar-refractivity contribution in [2.45, 2.75) is 18.9 Å². The van der Waals surface area contributed by atoms with Crippen LogP contribution in [0, 0.1) is 5.82 Å². The van der Waals surface area contributed by atoms with E-state index in [0.717, 1.165) is 12.8 Å². The van der Waals surface area contributed by atoms with Crippen molar-refractivity contribution in [1.82, 2.24) is 19.7 Å². The van der Waals surface area contributed by atoms with Crippen LogP contribution in [0.2, 0.25) is 0 Å². The van der Waals surface area contributed by atoms with Crippen LogP contribution in [0.4, 0.5) is 4.39 Å². The van der Waals surface area contributed by atoms with Crippen molar-refractivity contribution >= 4 is 5.91 Å². The van der Waals surface area contributed by atoms with E-state index in [1.54, 1.807) is 17.6 Å². The first-order valence-corrected chi connectivity index (χ1v) is 7.95. The third-order valence-electron chi connectivity index (χ3n) is 4.16. The average molecular weight is 333 g/mol. The van der Waals surface area contributed by atoms with Crippen LogP contribution in [0.15, 0.2) is 30.9 Å². The van der Waals surface area contributed by atoms with Gasteiger partial charge in [-0.25, -0.2) is 4.39 Å². The zero-order chi connectivity index (χ0) is 16.9. The fraction of sp³-hybridized carbons (Fsp3) is 0.438. The molecule has 0 spiro atoms. The lowest BCUT2D eigenvalue weighted by Crippen LogP contribution is -2.39. The van der Waals surface area contributed by atoms with Crippen molar-refractivity contribution in [2.75, 3.05) is 26.2 Å². The normalized spacial score (nSPS) is 15.5. The molecule has 1 aromatic heterocycles. The summed E-state index contributed by atoms with van der Waals surface area (Å²) in [4.78, 5) is 14.5. The Kier molecular flexibility index (Phi) is 5.05. The molecule has 1 aliphatic rings. The van der Waals surface area contributed by atoms with Crippen LogP contribution in [0.25, 0.3) is 0 Å². The molecule has 1 amide bonds. The Morgan fingerprint density at radius 3 is 2.67 bits per heavy atom. The standard InChI is InChI=1S/C16H20FN5O2/c17-12-1-2-15(24-8-5-18)14(9-12)16(23)21-6-3-13(4-7-21)22-10-19-20-11-22/h1-2,9-11,13H,3-8,18H2. The summed E-state index contributed by atoms with van der Waals surface area (Å²) in [7, 11) is 0. The van der Waals surface area contributed by atoms with Gasteiger partial charge in [-0.1, -0.05) is 0 Å². The maximum atomic E-state index is 13.6. The summed E-state index contributed by atoms with van der Waals surface area (Å²) in [6.45, 7) is 1.79. The number of ether oxygens (including phenoxy) is 1. The Labute approximate surface area is 139 Å². The highest BCUT2D eigenvalue weighted by Crippen LogP contribution is 2.26. The Morgan fingerprint density at radius 1 is 1.29 bits per heavy atom. The molecule has 24 heavy (non-hydrogen) atoms. The molecule has 2 N–H and O–H groups in total. The molecular weight excluding hydrogens is 313 g/mol. The zero-order valence-corrected chi connectivity index (χ0v) is 13.3. The number of hydrogen-bond acceptors (Lipinski definition) is 5. The smallest absolute Gasteiger partial charge is 0.257 e. The average Bonchev–Trinajstić information content (AvgIpc) is 3.15. The molecule has 2 heterocycles. The SMILES string of the molecule is NCCOc1ccc(F)cc1C(=O)N1CCC(n2cnnc2)CC1. The van der Waals surface area contributed by atoms with Gasteiger partial charge in [-0.3, -0.25) is 4.79 Å². The molecule has 0 saturated carbocycles. The lowest BCUT2D eigenvalue weighted by atomic mass is 10.0. The molecule has 0 unspecified atom stereocenters. The second-order valence-electron chi connectivity index (χ2n) is 5.71. The molecular formula is C16H20FN5O2. The third kappa shape index (κ3) is 3.53. The van der Waals surface area contributed by atoms with Crippen molar-refractivity contribution in [3.63, 3.8) is 0 Å². The van der Waals surface area contributed by atoms with E-state index in [0.29, 0.717) is 25.4 Å². The van der Waals surface area contributed by atoms with Crippen LogP contribution in [0.5, 0.6) is 5.75 Å². The van der Waals surface area contributed by atoms with E-state index in [4.69, 9.17) is 10.5 Å². The zero-order valence-electron chi connectivity index (χ0n) is 13.3. The van der Waals surface area contributed by atoms with Crippen molar-refractivity contribution in [3.8, 4) is 5.75 Å². The maximum Gasteiger partial charge on any atom is 0.257 e. The molecule has 2 aromatic rings. The molecule has 0 atom stereocenters. The van der Waals surface area contributed by atoms with E-state index in [-0.39, 0.29) is 24.1 Å². The minimum absolute atomic E-state index is 0.219. The fourth-order valence-electron chi connectivity index (χ4n) is 2.90. The molecule has 0 aliphatic carbocycles. The van der Waals surface area contributed by atoms with Crippen LogP contribution in [-0.2, 0) is 0 Å². The highest BCUT2D eigenvalue weighted by atomic mass is 19.1. The van der Waals surface area contributed by atoms with E-state index >= 15 is 0 Å². The maximum absolute atomic E-state index is 13.6. The van der Waals surface area contributed by atoms with E-state index < -0.39 is 5.82 Å². The predicted octanol–water partition coefficient (Wildman–Crippen LogP) is 1.23. The molecule has 3 rings (SSSR count). The molecule has 1 fully saturated rings. The number of piperidine rings is 1. The molecule has 1 aliphatic heterocycles. The van der Waals surface area contributed by atoms with Gasteiger partial charge >= 0.3 is 0 Å². The third-order valence-corrected chi connectivity index (χ3v) is 4.16. The molecule has 1 aromatic carbocycles. The minimum Gasteiger partial charge on any atom is -0.491 e. The van der Waals surface area contributed by atoms with E-state index in [2.05, 4.69) is 10.2 Å². The summed E-state index contributed by atoms with van der Waals surface area (Å²) in [6, 6.07) is 4.26. The van der Waals surface area contributed by atoms with Crippen LogP contribution in [-0.4, -0.2) is 51.8 Å². The summed E-state index contributed by atoms with van der Waals surface area (Å²) in [5, 5.41) is 7.63. The molecule has 128 valence electrons. The fourth-order valence-corrected chi connectivity index (χ4v) is 2.90. The molecule has 8 heteroatoms. The lowest BCUT2D eigenvalue weighted by molar-refractivity contribution is 0.0689. The number of halogens is 1. The molecule has 0 bridgehead atoms. The molecule has 0 radical (unpaired) electrons. The van der Waals surface area contributed by atoms with Crippen LogP contribution in [0.1, 0.15) is 29.2 Å². The highest BCUT2D eigenvalue weighted by Gasteiger charge is 2.26. The number of aromatic nitrogens is 3. The van der Waals surface area contributed by atoms with Gasteiger partial charge in [0.15, 0.2) is 0 Å². The number of hydrogen-bond donors (Lipinski definition) is 1. The monoisotopic (exact) mass is 333 g/mol. The number of carbonyl (C=O) groups is 1. The Bertz CT molecular complexity index is 684. The quantitative estimate of drug-likeness (QED) is 0.889. The van der Waals surface area contributed by atoms with Crippen LogP contribution >= 0.6 is 0 Å². The topological polar surface area (TPSA) is 86.3 Å². The van der Waals surface area contributed by atoms with Gasteiger partial charge in [-0.2, -0.15) is 0 Å². The van der Waals surface area contributed by atoms with Gasteiger partial charge in [-0.15, -0.1) is 10.2 Å². The number of carbonyl (C=O) groups excluding carboxylic acids is 1.